The summed E-state index contributed by atoms with van der Waals surface area (Å²) in [6, 6.07) is 6.91. The summed E-state index contributed by atoms with van der Waals surface area (Å²) in [6.45, 7) is 3.35. The molecule has 102 valence electrons. The molecule has 2 N–H and O–H groups in total. The SMILES string of the molecule is CCN1C(=O)CCC1CNc1cccc(C(=O)O)c1. The Kier molecular flexibility index (Phi) is 4.04. The fraction of sp³-hybridized carbons (Fsp3) is 0.429. The number of nitrogens with zero attached hydrogens (tertiary/aromatic N) is 1. The molecular formula is C14H18N2O3. The molecule has 0 radical (unpaired) electrons. The Bertz CT molecular complexity index is 487. The van der Waals surface area contributed by atoms with Crippen molar-refractivity contribution < 1.29 is 14.7 Å². The fourth-order valence-electron chi connectivity index (χ4n) is 2.44. The normalized spacial score (nSPS) is 18.7. The van der Waals surface area contributed by atoms with Crippen LogP contribution in [0.2, 0.25) is 0 Å². The lowest BCUT2D eigenvalue weighted by Gasteiger charge is -2.23. The molecule has 0 aliphatic carbocycles. The molecule has 1 aromatic carbocycles. The largest absolute Gasteiger partial charge is 0.478 e. The van der Waals surface area contributed by atoms with E-state index in [9.17, 15) is 9.59 Å². The van der Waals surface area contributed by atoms with Gasteiger partial charge in [-0.2, -0.15) is 0 Å². The van der Waals surface area contributed by atoms with Gasteiger partial charge in [0.15, 0.2) is 0 Å². The zero-order valence-electron chi connectivity index (χ0n) is 10.9. The summed E-state index contributed by atoms with van der Waals surface area (Å²) in [5, 5.41) is 12.1. The van der Waals surface area contributed by atoms with Gasteiger partial charge in [0.1, 0.15) is 0 Å². The number of amides is 1. The molecule has 1 aliphatic rings. The van der Waals surface area contributed by atoms with Crippen molar-refractivity contribution in [3.63, 3.8) is 0 Å². The average molecular weight is 262 g/mol. The van der Waals surface area contributed by atoms with Gasteiger partial charge >= 0.3 is 5.97 Å². The molecular weight excluding hydrogens is 244 g/mol. The van der Waals surface area contributed by atoms with Crippen LogP contribution in [0, 0.1) is 0 Å². The lowest BCUT2D eigenvalue weighted by molar-refractivity contribution is -0.128. The first-order valence-electron chi connectivity index (χ1n) is 6.48. The number of carboxylic acid groups (broad SMARTS) is 1. The second-order valence-electron chi connectivity index (χ2n) is 4.64. The highest BCUT2D eigenvalue weighted by Crippen LogP contribution is 2.19. The molecule has 1 heterocycles. The number of rotatable bonds is 5. The number of hydrogen-bond donors (Lipinski definition) is 2. The third-order valence-electron chi connectivity index (χ3n) is 3.44. The van der Waals surface area contributed by atoms with E-state index in [1.54, 1.807) is 18.2 Å². The summed E-state index contributed by atoms with van der Waals surface area (Å²) in [5.74, 6) is -0.733. The number of anilines is 1. The monoisotopic (exact) mass is 262 g/mol. The maximum absolute atomic E-state index is 11.6. The molecule has 5 heteroatoms. The van der Waals surface area contributed by atoms with E-state index in [0.29, 0.717) is 13.0 Å². The predicted molar refractivity (Wildman–Crippen MR) is 72.3 cm³/mol. The number of hydrogen-bond acceptors (Lipinski definition) is 3. The van der Waals surface area contributed by atoms with Crippen LogP contribution in [0.15, 0.2) is 24.3 Å². The Morgan fingerprint density at radius 1 is 1.53 bits per heavy atom. The van der Waals surface area contributed by atoms with Gasteiger partial charge in [0.25, 0.3) is 0 Å². The van der Waals surface area contributed by atoms with E-state index in [4.69, 9.17) is 5.11 Å². The molecule has 1 fully saturated rings. The van der Waals surface area contributed by atoms with Crippen LogP contribution in [0.25, 0.3) is 0 Å². The Morgan fingerprint density at radius 3 is 3.00 bits per heavy atom. The Labute approximate surface area is 112 Å². The molecule has 0 aromatic heterocycles. The lowest BCUT2D eigenvalue weighted by atomic mass is 10.2. The summed E-state index contributed by atoms with van der Waals surface area (Å²) < 4.78 is 0. The van der Waals surface area contributed by atoms with Crippen molar-refractivity contribution in [3.8, 4) is 0 Å². The Hall–Kier alpha value is -2.04. The highest BCUT2D eigenvalue weighted by molar-refractivity contribution is 5.88. The number of carbonyl (C=O) groups excluding carboxylic acids is 1. The summed E-state index contributed by atoms with van der Waals surface area (Å²) >= 11 is 0. The van der Waals surface area contributed by atoms with Gasteiger partial charge < -0.3 is 15.3 Å². The topological polar surface area (TPSA) is 69.6 Å². The van der Waals surface area contributed by atoms with Crippen molar-refractivity contribution in [1.82, 2.24) is 4.90 Å². The number of likely N-dealkylation sites (N-methyl/N-ethyl adjacent to an activating group) is 1. The van der Waals surface area contributed by atoms with Gasteiger partial charge in [-0.15, -0.1) is 0 Å². The molecule has 5 nitrogen and oxygen atoms in total. The number of carboxylic acids is 1. The third-order valence-corrected chi connectivity index (χ3v) is 3.44. The van der Waals surface area contributed by atoms with Crippen molar-refractivity contribution in [2.75, 3.05) is 18.4 Å². The molecule has 0 saturated carbocycles. The summed E-state index contributed by atoms with van der Waals surface area (Å²) in [5.41, 5.74) is 1.04. The van der Waals surface area contributed by atoms with Crippen LogP contribution in [0.4, 0.5) is 5.69 Å². The van der Waals surface area contributed by atoms with Gasteiger partial charge in [0, 0.05) is 31.2 Å². The second-order valence-corrected chi connectivity index (χ2v) is 4.64. The number of nitrogens with one attached hydrogen (secondary N) is 1. The molecule has 1 saturated heterocycles. The standard InChI is InChI=1S/C14H18N2O3/c1-2-16-12(6-7-13(16)17)9-15-11-5-3-4-10(8-11)14(18)19/h3-5,8,12,15H,2,6-7,9H2,1H3,(H,18,19). The summed E-state index contributed by atoms with van der Waals surface area (Å²) in [4.78, 5) is 24.3. The van der Waals surface area contributed by atoms with E-state index in [-0.39, 0.29) is 17.5 Å². The first-order valence-corrected chi connectivity index (χ1v) is 6.48. The maximum Gasteiger partial charge on any atom is 0.335 e. The highest BCUT2D eigenvalue weighted by atomic mass is 16.4. The van der Waals surface area contributed by atoms with Crippen LogP contribution in [0.1, 0.15) is 30.1 Å². The smallest absolute Gasteiger partial charge is 0.335 e. The molecule has 1 unspecified atom stereocenters. The first-order chi connectivity index (χ1) is 9.11. The molecule has 19 heavy (non-hydrogen) atoms. The number of carbonyl (C=O) groups is 2. The van der Waals surface area contributed by atoms with E-state index < -0.39 is 5.97 Å². The van der Waals surface area contributed by atoms with Crippen molar-refractivity contribution in [2.45, 2.75) is 25.8 Å². The van der Waals surface area contributed by atoms with Crippen LogP contribution in [-0.4, -0.2) is 41.0 Å². The minimum absolute atomic E-state index is 0.200. The van der Waals surface area contributed by atoms with Gasteiger partial charge in [-0.25, -0.2) is 4.79 Å². The molecule has 0 spiro atoms. The molecule has 1 amide bonds. The van der Waals surface area contributed by atoms with Crippen molar-refractivity contribution in [2.24, 2.45) is 0 Å². The van der Waals surface area contributed by atoms with E-state index in [0.717, 1.165) is 18.7 Å². The zero-order valence-corrected chi connectivity index (χ0v) is 10.9. The third kappa shape index (κ3) is 3.05. The van der Waals surface area contributed by atoms with Crippen molar-refractivity contribution in [1.29, 1.82) is 0 Å². The zero-order chi connectivity index (χ0) is 13.8. The number of likely N-dealkylation sites (tertiary alicyclic amines) is 1. The minimum atomic E-state index is -0.935. The minimum Gasteiger partial charge on any atom is -0.478 e. The van der Waals surface area contributed by atoms with Crippen molar-refractivity contribution in [3.05, 3.63) is 29.8 Å². The van der Waals surface area contributed by atoms with E-state index in [1.807, 2.05) is 17.9 Å². The van der Waals surface area contributed by atoms with Gasteiger partial charge in [-0.3, -0.25) is 4.79 Å². The van der Waals surface area contributed by atoms with E-state index in [1.165, 1.54) is 0 Å². The van der Waals surface area contributed by atoms with Gasteiger partial charge in [0.2, 0.25) is 5.91 Å². The van der Waals surface area contributed by atoms with Gasteiger partial charge in [-0.05, 0) is 31.5 Å². The molecule has 2 rings (SSSR count). The number of aromatic carboxylic acids is 1. The average Bonchev–Trinajstić information content (AvgIpc) is 2.77. The summed E-state index contributed by atoms with van der Waals surface area (Å²) in [6.07, 6.45) is 1.47. The quantitative estimate of drug-likeness (QED) is 0.849. The van der Waals surface area contributed by atoms with Crippen LogP contribution in [0.3, 0.4) is 0 Å². The first kappa shape index (κ1) is 13.4. The molecule has 0 bridgehead atoms. The Balaban J connectivity index is 1.97. The lowest BCUT2D eigenvalue weighted by Crippen LogP contribution is -2.37. The molecule has 1 aliphatic heterocycles. The summed E-state index contributed by atoms with van der Waals surface area (Å²) in [7, 11) is 0. The number of benzene rings is 1. The molecule has 1 atom stereocenters. The fourth-order valence-corrected chi connectivity index (χ4v) is 2.44. The van der Waals surface area contributed by atoms with Crippen molar-refractivity contribution >= 4 is 17.6 Å². The van der Waals surface area contributed by atoms with Crippen LogP contribution in [-0.2, 0) is 4.79 Å². The van der Waals surface area contributed by atoms with Gasteiger partial charge in [0.05, 0.1) is 5.56 Å². The van der Waals surface area contributed by atoms with Crippen LogP contribution >= 0.6 is 0 Å². The van der Waals surface area contributed by atoms with Crippen LogP contribution < -0.4 is 5.32 Å². The highest BCUT2D eigenvalue weighted by Gasteiger charge is 2.29. The maximum atomic E-state index is 11.6. The van der Waals surface area contributed by atoms with Gasteiger partial charge in [-0.1, -0.05) is 6.07 Å². The predicted octanol–water partition coefficient (Wildman–Crippen LogP) is 1.81. The van der Waals surface area contributed by atoms with Crippen LogP contribution in [0.5, 0.6) is 0 Å². The second kappa shape index (κ2) is 5.73. The van der Waals surface area contributed by atoms with E-state index in [2.05, 4.69) is 5.32 Å². The van der Waals surface area contributed by atoms with E-state index >= 15 is 0 Å². The molecule has 1 aromatic rings. The Morgan fingerprint density at radius 2 is 2.32 bits per heavy atom.